The maximum Gasteiger partial charge on any atom is 0.264 e. The summed E-state index contributed by atoms with van der Waals surface area (Å²) in [5.41, 5.74) is 2.66. The molecule has 0 unspecified atom stereocenters. The number of aromatic nitrogens is 1. The molecule has 1 aliphatic carbocycles. The van der Waals surface area contributed by atoms with Crippen LogP contribution in [0.5, 0.6) is 0 Å². The SMILES string of the molecule is CS(=O)(=O)OCCOCCCO/N=C1/C=C(C#Cc2ccccn2)CCC1. The highest BCUT2D eigenvalue weighted by molar-refractivity contribution is 7.85. The smallest absolute Gasteiger partial charge is 0.264 e. The van der Waals surface area contributed by atoms with Crippen molar-refractivity contribution in [2.24, 2.45) is 5.16 Å². The Bertz CT molecular complexity index is 807. The minimum Gasteiger partial charge on any atom is -0.396 e. The number of hydrogen-bond acceptors (Lipinski definition) is 7. The highest BCUT2D eigenvalue weighted by Gasteiger charge is 2.07. The third kappa shape index (κ3) is 9.89. The Morgan fingerprint density at radius 3 is 2.81 bits per heavy atom. The fourth-order valence-corrected chi connectivity index (χ4v) is 2.63. The average molecular weight is 392 g/mol. The van der Waals surface area contributed by atoms with E-state index in [4.69, 9.17) is 9.57 Å². The van der Waals surface area contributed by atoms with Gasteiger partial charge in [-0.05, 0) is 43.4 Å². The summed E-state index contributed by atoms with van der Waals surface area (Å²) in [4.78, 5) is 9.51. The quantitative estimate of drug-likeness (QED) is 0.277. The summed E-state index contributed by atoms with van der Waals surface area (Å²) in [6, 6.07) is 5.65. The van der Waals surface area contributed by atoms with Gasteiger partial charge in [-0.25, -0.2) is 4.98 Å². The zero-order chi connectivity index (χ0) is 19.4. The average Bonchev–Trinajstić information content (AvgIpc) is 2.65. The molecule has 1 aromatic heterocycles. The molecule has 0 saturated heterocycles. The van der Waals surface area contributed by atoms with Crippen molar-refractivity contribution in [2.45, 2.75) is 25.7 Å². The summed E-state index contributed by atoms with van der Waals surface area (Å²) in [7, 11) is -3.40. The molecule has 1 aliphatic rings. The Morgan fingerprint density at radius 1 is 1.15 bits per heavy atom. The van der Waals surface area contributed by atoms with E-state index in [9.17, 15) is 8.42 Å². The van der Waals surface area contributed by atoms with Crippen molar-refractivity contribution in [2.75, 3.05) is 32.7 Å². The maximum absolute atomic E-state index is 10.8. The molecule has 0 spiro atoms. The first-order chi connectivity index (χ1) is 13.0. The largest absolute Gasteiger partial charge is 0.396 e. The van der Waals surface area contributed by atoms with Crippen molar-refractivity contribution in [3.63, 3.8) is 0 Å². The Labute approximate surface area is 160 Å². The number of ether oxygens (including phenoxy) is 1. The fourth-order valence-electron chi connectivity index (χ4n) is 2.26. The molecule has 0 fully saturated rings. The molecule has 0 atom stereocenters. The predicted octanol–water partition coefficient (Wildman–Crippen LogP) is 2.30. The second kappa shape index (κ2) is 11.5. The van der Waals surface area contributed by atoms with Gasteiger partial charge in [0.15, 0.2) is 0 Å². The van der Waals surface area contributed by atoms with Crippen molar-refractivity contribution < 1.29 is 22.2 Å². The fraction of sp³-hybridized carbons (Fsp3) is 0.474. The Morgan fingerprint density at radius 2 is 2.04 bits per heavy atom. The Balaban J connectivity index is 1.66. The highest BCUT2D eigenvalue weighted by atomic mass is 32.2. The number of rotatable bonds is 9. The molecule has 146 valence electrons. The summed E-state index contributed by atoms with van der Waals surface area (Å²) in [5, 5.41) is 4.15. The Kier molecular flexibility index (Phi) is 8.98. The van der Waals surface area contributed by atoms with Crippen LogP contribution in [-0.2, 0) is 23.9 Å². The summed E-state index contributed by atoms with van der Waals surface area (Å²) < 4.78 is 31.4. The zero-order valence-electron chi connectivity index (χ0n) is 15.4. The van der Waals surface area contributed by atoms with Gasteiger partial charge in [-0.2, -0.15) is 8.42 Å². The van der Waals surface area contributed by atoms with E-state index in [1.165, 1.54) is 0 Å². The third-order valence-corrected chi connectivity index (χ3v) is 4.06. The molecule has 0 saturated carbocycles. The lowest BCUT2D eigenvalue weighted by atomic mass is 9.98. The maximum atomic E-state index is 10.8. The predicted molar refractivity (Wildman–Crippen MR) is 103 cm³/mol. The van der Waals surface area contributed by atoms with Crippen LogP contribution in [0.25, 0.3) is 0 Å². The van der Waals surface area contributed by atoms with Crippen LogP contribution in [0.3, 0.4) is 0 Å². The van der Waals surface area contributed by atoms with Crippen LogP contribution in [0.15, 0.2) is 41.2 Å². The third-order valence-electron chi connectivity index (χ3n) is 3.47. The van der Waals surface area contributed by atoms with Gasteiger partial charge >= 0.3 is 0 Å². The standard InChI is InChI=1S/C19H24N2O5S/c1-27(22,23)26-15-14-24-12-5-13-25-21-19-8-4-6-17(16-19)9-10-18-7-2-3-11-20-18/h2-3,7,11,16H,4-6,8,12-15H2,1H3/b21-19+. The molecular weight excluding hydrogens is 368 g/mol. The number of pyridine rings is 1. The van der Waals surface area contributed by atoms with Crippen molar-refractivity contribution in [1.29, 1.82) is 0 Å². The molecule has 0 N–H and O–H groups in total. The van der Waals surface area contributed by atoms with Crippen LogP contribution in [0.2, 0.25) is 0 Å². The van der Waals surface area contributed by atoms with E-state index in [1.807, 2.05) is 24.3 Å². The van der Waals surface area contributed by atoms with Crippen LogP contribution in [0.4, 0.5) is 0 Å². The molecule has 7 nitrogen and oxygen atoms in total. The van der Waals surface area contributed by atoms with Crippen LogP contribution in [0, 0.1) is 11.8 Å². The molecule has 0 bridgehead atoms. The minimum absolute atomic E-state index is 0.0229. The summed E-state index contributed by atoms with van der Waals surface area (Å²) >= 11 is 0. The number of allylic oxidation sites excluding steroid dienone is 2. The van der Waals surface area contributed by atoms with E-state index < -0.39 is 10.1 Å². The van der Waals surface area contributed by atoms with Gasteiger partial charge in [-0.15, -0.1) is 0 Å². The van der Waals surface area contributed by atoms with E-state index in [2.05, 4.69) is 26.2 Å². The molecule has 2 rings (SSSR count). The van der Waals surface area contributed by atoms with Gasteiger partial charge in [0.05, 0.1) is 31.8 Å². The molecule has 1 heterocycles. The van der Waals surface area contributed by atoms with Gasteiger partial charge in [-0.1, -0.05) is 17.1 Å². The zero-order valence-corrected chi connectivity index (χ0v) is 16.2. The first-order valence-corrected chi connectivity index (χ1v) is 10.6. The monoisotopic (exact) mass is 392 g/mol. The lowest BCUT2D eigenvalue weighted by molar-refractivity contribution is 0.0714. The molecule has 8 heteroatoms. The van der Waals surface area contributed by atoms with E-state index >= 15 is 0 Å². The molecular formula is C19H24N2O5S. The van der Waals surface area contributed by atoms with Crippen LogP contribution in [0.1, 0.15) is 31.4 Å². The first-order valence-electron chi connectivity index (χ1n) is 8.77. The summed E-state index contributed by atoms with van der Waals surface area (Å²) in [6.07, 6.45) is 8.16. The van der Waals surface area contributed by atoms with E-state index in [0.29, 0.717) is 19.6 Å². The van der Waals surface area contributed by atoms with Gasteiger partial charge in [0.25, 0.3) is 10.1 Å². The van der Waals surface area contributed by atoms with Gasteiger partial charge in [0.1, 0.15) is 12.3 Å². The van der Waals surface area contributed by atoms with Gasteiger partial charge in [-0.3, -0.25) is 4.18 Å². The molecule has 0 amide bonds. The molecule has 0 aromatic carbocycles. The van der Waals surface area contributed by atoms with Gasteiger partial charge < -0.3 is 9.57 Å². The first kappa shape index (κ1) is 21.1. The van der Waals surface area contributed by atoms with E-state index in [0.717, 1.165) is 42.5 Å². The lowest BCUT2D eigenvalue weighted by Gasteiger charge is -2.10. The van der Waals surface area contributed by atoms with Gasteiger partial charge in [0, 0.05) is 18.2 Å². The molecule has 27 heavy (non-hydrogen) atoms. The van der Waals surface area contributed by atoms with E-state index in [-0.39, 0.29) is 13.2 Å². The van der Waals surface area contributed by atoms with E-state index in [1.54, 1.807) is 6.20 Å². The van der Waals surface area contributed by atoms with Crippen molar-refractivity contribution in [1.82, 2.24) is 4.98 Å². The van der Waals surface area contributed by atoms with Crippen molar-refractivity contribution in [3.05, 3.63) is 41.7 Å². The number of hydrogen-bond donors (Lipinski definition) is 0. The highest BCUT2D eigenvalue weighted by Crippen LogP contribution is 2.15. The van der Waals surface area contributed by atoms with Crippen LogP contribution < -0.4 is 0 Å². The van der Waals surface area contributed by atoms with Crippen molar-refractivity contribution >= 4 is 15.8 Å². The van der Waals surface area contributed by atoms with Crippen molar-refractivity contribution in [3.8, 4) is 11.8 Å². The Hall–Kier alpha value is -2.21. The minimum atomic E-state index is -3.40. The number of oxime groups is 1. The van der Waals surface area contributed by atoms with Crippen LogP contribution >= 0.6 is 0 Å². The second-order valence-electron chi connectivity index (χ2n) is 5.90. The lowest BCUT2D eigenvalue weighted by Crippen LogP contribution is -2.10. The number of nitrogens with zero attached hydrogens (tertiary/aromatic N) is 2. The normalized spacial score (nSPS) is 15.7. The molecule has 0 aliphatic heterocycles. The van der Waals surface area contributed by atoms with Crippen LogP contribution in [-0.4, -0.2) is 51.8 Å². The van der Waals surface area contributed by atoms with Gasteiger partial charge in [0.2, 0.25) is 0 Å². The second-order valence-corrected chi connectivity index (χ2v) is 7.54. The molecule has 0 radical (unpaired) electrons. The molecule has 1 aromatic rings. The topological polar surface area (TPSA) is 87.1 Å². The summed E-state index contributed by atoms with van der Waals surface area (Å²) in [5.74, 6) is 6.20. The summed E-state index contributed by atoms with van der Waals surface area (Å²) in [6.45, 7) is 1.13.